The maximum absolute atomic E-state index is 6.15. The van der Waals surface area contributed by atoms with E-state index < -0.39 is 0 Å². The Kier molecular flexibility index (Phi) is 8.06. The van der Waals surface area contributed by atoms with Crippen LogP contribution in [0, 0.1) is 0 Å². The highest BCUT2D eigenvalue weighted by atomic mass is 35.5. The van der Waals surface area contributed by atoms with Gasteiger partial charge in [0, 0.05) is 11.6 Å². The summed E-state index contributed by atoms with van der Waals surface area (Å²) in [6.45, 7) is 2.89. The van der Waals surface area contributed by atoms with E-state index >= 15 is 0 Å². The lowest BCUT2D eigenvalue weighted by molar-refractivity contribution is 0.316. The van der Waals surface area contributed by atoms with E-state index in [9.17, 15) is 0 Å². The topological polar surface area (TPSA) is 29.3 Å². The SMILES string of the molecule is CN(CCCCCCCN)Cc1ccccc1Cl. The molecule has 2 N–H and O–H groups in total. The average molecular weight is 269 g/mol. The lowest BCUT2D eigenvalue weighted by Crippen LogP contribution is -2.19. The number of unbranched alkanes of at least 4 members (excludes halogenated alkanes) is 4. The first kappa shape index (κ1) is 15.5. The van der Waals surface area contributed by atoms with Crippen LogP contribution in [0.2, 0.25) is 5.02 Å². The van der Waals surface area contributed by atoms with Crippen LogP contribution in [0.4, 0.5) is 0 Å². The number of benzene rings is 1. The summed E-state index contributed by atoms with van der Waals surface area (Å²) in [6, 6.07) is 8.07. The Bertz CT molecular complexity index is 328. The molecule has 1 aromatic rings. The van der Waals surface area contributed by atoms with Crippen LogP contribution < -0.4 is 5.73 Å². The molecule has 102 valence electrons. The Labute approximate surface area is 116 Å². The summed E-state index contributed by atoms with van der Waals surface area (Å²) in [6.07, 6.45) is 6.29. The molecule has 0 bridgehead atoms. The molecule has 2 nitrogen and oxygen atoms in total. The zero-order chi connectivity index (χ0) is 13.2. The van der Waals surface area contributed by atoms with E-state index in [-0.39, 0.29) is 0 Å². The maximum atomic E-state index is 6.15. The van der Waals surface area contributed by atoms with E-state index in [4.69, 9.17) is 17.3 Å². The molecule has 1 aromatic carbocycles. The third kappa shape index (κ3) is 6.39. The molecular formula is C15H25ClN2. The van der Waals surface area contributed by atoms with Gasteiger partial charge in [0.1, 0.15) is 0 Å². The third-order valence-electron chi connectivity index (χ3n) is 3.14. The summed E-state index contributed by atoms with van der Waals surface area (Å²) in [5, 5.41) is 0.868. The highest BCUT2D eigenvalue weighted by Crippen LogP contribution is 2.16. The molecule has 0 radical (unpaired) electrons. The van der Waals surface area contributed by atoms with Crippen molar-refractivity contribution in [2.75, 3.05) is 20.1 Å². The minimum Gasteiger partial charge on any atom is -0.330 e. The van der Waals surface area contributed by atoms with Gasteiger partial charge in [-0.15, -0.1) is 0 Å². The highest BCUT2D eigenvalue weighted by Gasteiger charge is 2.03. The molecule has 0 saturated heterocycles. The quantitative estimate of drug-likeness (QED) is 0.693. The lowest BCUT2D eigenvalue weighted by Gasteiger charge is -2.17. The molecule has 1 rings (SSSR count). The maximum Gasteiger partial charge on any atom is 0.0451 e. The van der Waals surface area contributed by atoms with E-state index in [1.807, 2.05) is 18.2 Å². The van der Waals surface area contributed by atoms with Crippen LogP contribution in [0.1, 0.15) is 37.7 Å². The van der Waals surface area contributed by atoms with Crippen molar-refractivity contribution in [3.63, 3.8) is 0 Å². The summed E-state index contributed by atoms with van der Waals surface area (Å²) in [7, 11) is 2.16. The van der Waals surface area contributed by atoms with Gasteiger partial charge in [0.2, 0.25) is 0 Å². The van der Waals surface area contributed by atoms with Gasteiger partial charge in [0.25, 0.3) is 0 Å². The van der Waals surface area contributed by atoms with Gasteiger partial charge in [-0.2, -0.15) is 0 Å². The minimum absolute atomic E-state index is 0.826. The molecular weight excluding hydrogens is 244 g/mol. The zero-order valence-electron chi connectivity index (χ0n) is 11.4. The van der Waals surface area contributed by atoms with Crippen molar-refractivity contribution in [1.82, 2.24) is 4.90 Å². The van der Waals surface area contributed by atoms with Crippen molar-refractivity contribution < 1.29 is 0 Å². The van der Waals surface area contributed by atoms with Gasteiger partial charge in [0.05, 0.1) is 0 Å². The van der Waals surface area contributed by atoms with E-state index in [2.05, 4.69) is 18.0 Å². The van der Waals surface area contributed by atoms with Crippen molar-refractivity contribution in [2.45, 2.75) is 38.6 Å². The number of hydrogen-bond acceptors (Lipinski definition) is 2. The van der Waals surface area contributed by atoms with Crippen molar-refractivity contribution >= 4 is 11.6 Å². The Balaban J connectivity index is 2.14. The van der Waals surface area contributed by atoms with Crippen LogP contribution >= 0.6 is 11.6 Å². The highest BCUT2D eigenvalue weighted by molar-refractivity contribution is 6.31. The standard InChI is InChI=1S/C15H25ClN2/c1-18(12-8-4-2-3-7-11-17)13-14-9-5-6-10-15(14)16/h5-6,9-10H,2-4,7-8,11-13,17H2,1H3. The molecule has 0 heterocycles. The molecule has 0 aliphatic heterocycles. The van der Waals surface area contributed by atoms with Crippen molar-refractivity contribution in [2.24, 2.45) is 5.73 Å². The Morgan fingerprint density at radius 2 is 1.72 bits per heavy atom. The number of hydrogen-bond donors (Lipinski definition) is 1. The number of nitrogens with two attached hydrogens (primary N) is 1. The molecule has 0 unspecified atom stereocenters. The second-order valence-corrected chi connectivity index (χ2v) is 5.29. The van der Waals surface area contributed by atoms with Gasteiger partial charge in [-0.05, 0) is 44.6 Å². The van der Waals surface area contributed by atoms with Crippen LogP contribution in [-0.4, -0.2) is 25.0 Å². The molecule has 0 fully saturated rings. The van der Waals surface area contributed by atoms with E-state index in [1.54, 1.807) is 0 Å². The largest absolute Gasteiger partial charge is 0.330 e. The smallest absolute Gasteiger partial charge is 0.0451 e. The van der Waals surface area contributed by atoms with Crippen LogP contribution in [0.25, 0.3) is 0 Å². The number of halogens is 1. The van der Waals surface area contributed by atoms with Crippen molar-refractivity contribution in [3.8, 4) is 0 Å². The number of nitrogens with zero attached hydrogens (tertiary/aromatic N) is 1. The molecule has 0 saturated carbocycles. The predicted molar refractivity (Wildman–Crippen MR) is 79.9 cm³/mol. The Morgan fingerprint density at radius 3 is 2.44 bits per heavy atom. The lowest BCUT2D eigenvalue weighted by atomic mass is 10.1. The van der Waals surface area contributed by atoms with Crippen LogP contribution in [0.5, 0.6) is 0 Å². The average Bonchev–Trinajstić information content (AvgIpc) is 2.36. The molecule has 0 aliphatic rings. The van der Waals surface area contributed by atoms with E-state index in [0.29, 0.717) is 0 Å². The minimum atomic E-state index is 0.826. The van der Waals surface area contributed by atoms with Gasteiger partial charge in [-0.1, -0.05) is 49.1 Å². The second-order valence-electron chi connectivity index (χ2n) is 4.89. The molecule has 0 aliphatic carbocycles. The molecule has 3 heteroatoms. The fourth-order valence-electron chi connectivity index (χ4n) is 2.05. The van der Waals surface area contributed by atoms with Gasteiger partial charge >= 0.3 is 0 Å². The van der Waals surface area contributed by atoms with Crippen LogP contribution in [-0.2, 0) is 6.54 Å². The van der Waals surface area contributed by atoms with E-state index in [0.717, 1.165) is 31.1 Å². The Morgan fingerprint density at radius 1 is 1.06 bits per heavy atom. The first-order valence-electron chi connectivity index (χ1n) is 6.86. The molecule has 0 amide bonds. The second kappa shape index (κ2) is 9.37. The van der Waals surface area contributed by atoms with Crippen molar-refractivity contribution in [1.29, 1.82) is 0 Å². The molecule has 0 atom stereocenters. The molecule has 0 aromatic heterocycles. The zero-order valence-corrected chi connectivity index (χ0v) is 12.1. The van der Waals surface area contributed by atoms with Gasteiger partial charge in [-0.3, -0.25) is 0 Å². The van der Waals surface area contributed by atoms with Gasteiger partial charge < -0.3 is 10.6 Å². The first-order valence-corrected chi connectivity index (χ1v) is 7.24. The molecule has 0 spiro atoms. The van der Waals surface area contributed by atoms with Gasteiger partial charge in [-0.25, -0.2) is 0 Å². The summed E-state index contributed by atoms with van der Waals surface area (Å²) in [5.74, 6) is 0. The summed E-state index contributed by atoms with van der Waals surface area (Å²) >= 11 is 6.15. The summed E-state index contributed by atoms with van der Waals surface area (Å²) < 4.78 is 0. The van der Waals surface area contributed by atoms with Gasteiger partial charge in [0.15, 0.2) is 0 Å². The monoisotopic (exact) mass is 268 g/mol. The fraction of sp³-hybridized carbons (Fsp3) is 0.600. The van der Waals surface area contributed by atoms with Crippen molar-refractivity contribution in [3.05, 3.63) is 34.9 Å². The number of rotatable bonds is 9. The first-order chi connectivity index (χ1) is 8.74. The predicted octanol–water partition coefficient (Wildman–Crippen LogP) is 3.68. The third-order valence-corrected chi connectivity index (χ3v) is 3.51. The van der Waals surface area contributed by atoms with Crippen LogP contribution in [0.3, 0.4) is 0 Å². The summed E-state index contributed by atoms with van der Waals surface area (Å²) in [5.41, 5.74) is 6.68. The van der Waals surface area contributed by atoms with E-state index in [1.165, 1.54) is 31.2 Å². The Hall–Kier alpha value is -0.570. The van der Waals surface area contributed by atoms with Crippen LogP contribution in [0.15, 0.2) is 24.3 Å². The normalized spacial score (nSPS) is 11.1. The molecule has 18 heavy (non-hydrogen) atoms. The fourth-order valence-corrected chi connectivity index (χ4v) is 2.25. The summed E-state index contributed by atoms with van der Waals surface area (Å²) in [4.78, 5) is 2.34.